The predicted octanol–water partition coefficient (Wildman–Crippen LogP) is 1.20. The van der Waals surface area contributed by atoms with Crippen molar-refractivity contribution < 1.29 is 14.3 Å². The molecule has 0 spiro atoms. The zero-order valence-corrected chi connectivity index (χ0v) is 11.9. The van der Waals surface area contributed by atoms with Gasteiger partial charge in [0, 0.05) is 25.1 Å². The SMILES string of the molecule is CC(C)[C@@H]1NCCc2[nH]c(C(=O)O[C@H]3CCOC3)nc21. The number of esters is 1. The fourth-order valence-electron chi connectivity index (χ4n) is 2.78. The van der Waals surface area contributed by atoms with Crippen molar-refractivity contribution in [1.29, 1.82) is 0 Å². The Labute approximate surface area is 118 Å². The van der Waals surface area contributed by atoms with Crippen LogP contribution in [0.1, 0.15) is 48.3 Å². The number of nitrogens with one attached hydrogen (secondary N) is 2. The van der Waals surface area contributed by atoms with Gasteiger partial charge in [0.1, 0.15) is 6.10 Å². The maximum atomic E-state index is 12.1. The topological polar surface area (TPSA) is 76.2 Å². The Balaban J connectivity index is 1.76. The Hall–Kier alpha value is -1.40. The molecule has 1 fully saturated rings. The summed E-state index contributed by atoms with van der Waals surface area (Å²) < 4.78 is 10.6. The van der Waals surface area contributed by atoms with Gasteiger partial charge >= 0.3 is 5.97 Å². The van der Waals surface area contributed by atoms with Gasteiger partial charge in [-0.25, -0.2) is 9.78 Å². The van der Waals surface area contributed by atoms with E-state index in [1.165, 1.54) is 0 Å². The van der Waals surface area contributed by atoms with Crippen molar-refractivity contribution in [2.24, 2.45) is 5.92 Å². The van der Waals surface area contributed by atoms with Crippen molar-refractivity contribution in [2.45, 2.75) is 38.8 Å². The van der Waals surface area contributed by atoms with Crippen LogP contribution in [0, 0.1) is 5.92 Å². The van der Waals surface area contributed by atoms with Gasteiger partial charge in [-0.15, -0.1) is 0 Å². The molecule has 1 aromatic rings. The van der Waals surface area contributed by atoms with Crippen molar-refractivity contribution in [3.05, 3.63) is 17.2 Å². The molecule has 1 aromatic heterocycles. The lowest BCUT2D eigenvalue weighted by molar-refractivity contribution is 0.0257. The van der Waals surface area contributed by atoms with Gasteiger partial charge in [-0.3, -0.25) is 0 Å². The third-order valence-corrected chi connectivity index (χ3v) is 3.87. The van der Waals surface area contributed by atoms with Crippen LogP contribution in [-0.2, 0) is 15.9 Å². The zero-order chi connectivity index (χ0) is 14.1. The highest BCUT2D eigenvalue weighted by atomic mass is 16.6. The second-order valence-electron chi connectivity index (χ2n) is 5.77. The summed E-state index contributed by atoms with van der Waals surface area (Å²) in [6, 6.07) is 0.200. The van der Waals surface area contributed by atoms with Crippen molar-refractivity contribution in [3.63, 3.8) is 0 Å². The van der Waals surface area contributed by atoms with Crippen LogP contribution in [0.25, 0.3) is 0 Å². The van der Waals surface area contributed by atoms with E-state index in [0.717, 1.165) is 30.8 Å². The monoisotopic (exact) mass is 279 g/mol. The van der Waals surface area contributed by atoms with Crippen LogP contribution >= 0.6 is 0 Å². The van der Waals surface area contributed by atoms with Gasteiger partial charge in [-0.1, -0.05) is 13.8 Å². The molecule has 2 aliphatic heterocycles. The number of fused-ring (bicyclic) bond motifs is 1. The molecule has 2 atom stereocenters. The van der Waals surface area contributed by atoms with E-state index in [4.69, 9.17) is 9.47 Å². The Morgan fingerprint density at radius 1 is 1.50 bits per heavy atom. The third kappa shape index (κ3) is 2.58. The van der Waals surface area contributed by atoms with Crippen LogP contribution in [0.5, 0.6) is 0 Å². The molecule has 0 aromatic carbocycles. The quantitative estimate of drug-likeness (QED) is 0.813. The van der Waals surface area contributed by atoms with Crippen LogP contribution in [0.2, 0.25) is 0 Å². The molecule has 20 heavy (non-hydrogen) atoms. The number of H-pyrrole nitrogens is 1. The molecule has 0 saturated carbocycles. The fraction of sp³-hybridized carbons (Fsp3) is 0.714. The van der Waals surface area contributed by atoms with Gasteiger partial charge in [0.25, 0.3) is 0 Å². The molecular weight excluding hydrogens is 258 g/mol. The third-order valence-electron chi connectivity index (χ3n) is 3.87. The molecule has 110 valence electrons. The number of ether oxygens (including phenoxy) is 2. The average Bonchev–Trinajstić information content (AvgIpc) is 3.05. The summed E-state index contributed by atoms with van der Waals surface area (Å²) in [5.74, 6) is 0.373. The van der Waals surface area contributed by atoms with Crippen LogP contribution in [-0.4, -0.2) is 41.8 Å². The van der Waals surface area contributed by atoms with Crippen molar-refractivity contribution in [2.75, 3.05) is 19.8 Å². The van der Waals surface area contributed by atoms with E-state index < -0.39 is 0 Å². The minimum Gasteiger partial charge on any atom is -0.454 e. The first kappa shape index (κ1) is 13.6. The second kappa shape index (κ2) is 5.54. The van der Waals surface area contributed by atoms with E-state index in [1.807, 2.05) is 0 Å². The Morgan fingerprint density at radius 2 is 2.35 bits per heavy atom. The Bertz CT molecular complexity index is 492. The number of aromatic amines is 1. The Morgan fingerprint density at radius 3 is 3.05 bits per heavy atom. The summed E-state index contributed by atoms with van der Waals surface area (Å²) >= 11 is 0. The molecule has 0 radical (unpaired) electrons. The van der Waals surface area contributed by atoms with E-state index in [2.05, 4.69) is 29.1 Å². The molecule has 1 saturated heterocycles. The standard InChI is InChI=1S/C14H21N3O3/c1-8(2)11-12-10(3-5-15-11)16-13(17-12)14(18)20-9-4-6-19-7-9/h8-9,11,15H,3-7H2,1-2H3,(H,16,17)/t9-,11-/m0/s1. The summed E-state index contributed by atoms with van der Waals surface area (Å²) in [6.45, 7) is 6.35. The van der Waals surface area contributed by atoms with Crippen molar-refractivity contribution >= 4 is 5.97 Å². The number of nitrogens with zero attached hydrogens (tertiary/aromatic N) is 1. The van der Waals surface area contributed by atoms with Crippen molar-refractivity contribution in [1.82, 2.24) is 15.3 Å². The number of carbonyl (C=O) groups is 1. The molecule has 3 rings (SSSR count). The summed E-state index contributed by atoms with van der Waals surface area (Å²) in [6.07, 6.45) is 1.50. The first-order valence-corrected chi connectivity index (χ1v) is 7.26. The molecule has 2 N–H and O–H groups in total. The summed E-state index contributed by atoms with van der Waals surface area (Å²) in [5, 5.41) is 3.45. The van der Waals surface area contributed by atoms with Gasteiger partial charge < -0.3 is 19.8 Å². The Kier molecular flexibility index (Phi) is 3.76. The van der Waals surface area contributed by atoms with Gasteiger partial charge in [-0.2, -0.15) is 0 Å². The molecular formula is C14H21N3O3. The fourth-order valence-corrected chi connectivity index (χ4v) is 2.78. The second-order valence-corrected chi connectivity index (χ2v) is 5.77. The lowest BCUT2D eigenvalue weighted by Gasteiger charge is -2.25. The van der Waals surface area contributed by atoms with Crippen LogP contribution in [0.4, 0.5) is 0 Å². The highest BCUT2D eigenvalue weighted by Gasteiger charge is 2.29. The summed E-state index contributed by atoms with van der Waals surface area (Å²) in [4.78, 5) is 19.7. The minimum absolute atomic E-state index is 0.136. The number of imidazole rings is 1. The highest BCUT2D eigenvalue weighted by molar-refractivity contribution is 5.85. The van der Waals surface area contributed by atoms with Crippen LogP contribution < -0.4 is 5.32 Å². The first-order valence-electron chi connectivity index (χ1n) is 7.26. The smallest absolute Gasteiger partial charge is 0.374 e. The van der Waals surface area contributed by atoms with E-state index in [-0.39, 0.29) is 18.1 Å². The van der Waals surface area contributed by atoms with E-state index in [9.17, 15) is 4.79 Å². The number of aromatic nitrogens is 2. The van der Waals surface area contributed by atoms with E-state index in [1.54, 1.807) is 0 Å². The molecule has 0 aliphatic carbocycles. The van der Waals surface area contributed by atoms with Gasteiger partial charge in [0.15, 0.2) is 0 Å². The van der Waals surface area contributed by atoms with E-state index >= 15 is 0 Å². The van der Waals surface area contributed by atoms with Crippen LogP contribution in [0.15, 0.2) is 0 Å². The van der Waals surface area contributed by atoms with E-state index in [0.29, 0.717) is 25.0 Å². The number of carbonyl (C=O) groups excluding carboxylic acids is 1. The highest BCUT2D eigenvalue weighted by Crippen LogP contribution is 2.27. The van der Waals surface area contributed by atoms with Gasteiger partial charge in [0.05, 0.1) is 24.9 Å². The molecule has 2 aliphatic rings. The van der Waals surface area contributed by atoms with Crippen molar-refractivity contribution in [3.8, 4) is 0 Å². The molecule has 3 heterocycles. The largest absolute Gasteiger partial charge is 0.454 e. The zero-order valence-electron chi connectivity index (χ0n) is 11.9. The number of hydrogen-bond donors (Lipinski definition) is 2. The van der Waals surface area contributed by atoms with Crippen LogP contribution in [0.3, 0.4) is 0 Å². The predicted molar refractivity (Wildman–Crippen MR) is 72.5 cm³/mol. The summed E-state index contributed by atoms with van der Waals surface area (Å²) in [5.41, 5.74) is 2.01. The molecule has 6 nitrogen and oxygen atoms in total. The maximum Gasteiger partial charge on any atom is 0.374 e. The lowest BCUT2D eigenvalue weighted by atomic mass is 9.96. The maximum absolute atomic E-state index is 12.1. The molecule has 0 unspecified atom stereocenters. The van der Waals surface area contributed by atoms with Gasteiger partial charge in [-0.05, 0) is 5.92 Å². The normalized spacial score (nSPS) is 25.8. The average molecular weight is 279 g/mol. The number of hydrogen-bond acceptors (Lipinski definition) is 5. The molecule has 6 heteroatoms. The minimum atomic E-state index is -0.377. The lowest BCUT2D eigenvalue weighted by Crippen LogP contribution is -2.33. The number of rotatable bonds is 3. The molecule has 0 amide bonds. The first-order chi connectivity index (χ1) is 9.65. The molecule has 0 bridgehead atoms. The summed E-state index contributed by atoms with van der Waals surface area (Å²) in [7, 11) is 0. The van der Waals surface area contributed by atoms with Gasteiger partial charge in [0.2, 0.25) is 5.82 Å².